The summed E-state index contributed by atoms with van der Waals surface area (Å²) in [7, 11) is 1.53. The molecule has 0 aromatic carbocycles. The Morgan fingerprint density at radius 2 is 2.39 bits per heavy atom. The van der Waals surface area contributed by atoms with Crippen molar-refractivity contribution in [3.05, 3.63) is 11.2 Å². The lowest BCUT2D eigenvalue weighted by molar-refractivity contribution is 0.379. The third kappa shape index (κ3) is 3.20. The Bertz CT molecular complexity index is 453. The summed E-state index contributed by atoms with van der Waals surface area (Å²) in [6.45, 7) is 0.722. The van der Waals surface area contributed by atoms with E-state index in [0.29, 0.717) is 34.3 Å². The van der Waals surface area contributed by atoms with Crippen molar-refractivity contribution in [2.45, 2.75) is 25.3 Å². The van der Waals surface area contributed by atoms with Gasteiger partial charge in [0.15, 0.2) is 5.82 Å². The van der Waals surface area contributed by atoms with E-state index >= 15 is 0 Å². The molecular formula is C11H15ClN4OS. The summed E-state index contributed by atoms with van der Waals surface area (Å²) in [6.07, 6.45) is 4.48. The molecule has 0 saturated heterocycles. The molecule has 2 N–H and O–H groups in total. The molecule has 18 heavy (non-hydrogen) atoms. The van der Waals surface area contributed by atoms with E-state index < -0.39 is 0 Å². The van der Waals surface area contributed by atoms with E-state index in [1.807, 2.05) is 0 Å². The molecule has 0 atom stereocenters. The van der Waals surface area contributed by atoms with Gasteiger partial charge in [0, 0.05) is 19.0 Å². The fourth-order valence-corrected chi connectivity index (χ4v) is 2.01. The molecule has 0 aliphatic heterocycles. The van der Waals surface area contributed by atoms with Gasteiger partial charge in [-0.15, -0.1) is 0 Å². The monoisotopic (exact) mass is 286 g/mol. The van der Waals surface area contributed by atoms with Crippen molar-refractivity contribution in [2.24, 2.45) is 5.73 Å². The van der Waals surface area contributed by atoms with E-state index in [2.05, 4.69) is 14.9 Å². The minimum atomic E-state index is 0.315. The Labute approximate surface area is 116 Å². The maximum absolute atomic E-state index is 6.15. The van der Waals surface area contributed by atoms with Crippen molar-refractivity contribution < 1.29 is 4.74 Å². The van der Waals surface area contributed by atoms with Gasteiger partial charge in [-0.25, -0.2) is 4.98 Å². The van der Waals surface area contributed by atoms with Gasteiger partial charge in [-0.2, -0.15) is 4.98 Å². The normalized spacial score (nSPS) is 14.3. The number of nitrogens with zero attached hydrogens (tertiary/aromatic N) is 3. The molecule has 0 radical (unpaired) electrons. The summed E-state index contributed by atoms with van der Waals surface area (Å²) in [4.78, 5) is 10.9. The molecule has 1 aliphatic carbocycles. The van der Waals surface area contributed by atoms with E-state index in [4.69, 9.17) is 34.3 Å². The molecule has 1 heterocycles. The second-order valence-corrected chi connectivity index (χ2v) is 5.10. The highest BCUT2D eigenvalue weighted by molar-refractivity contribution is 7.80. The van der Waals surface area contributed by atoms with Gasteiger partial charge in [-0.05, 0) is 12.8 Å². The first-order valence-electron chi connectivity index (χ1n) is 5.73. The first-order chi connectivity index (χ1) is 8.61. The smallest absolute Gasteiger partial charge is 0.318 e. The van der Waals surface area contributed by atoms with Crippen LogP contribution in [0.15, 0.2) is 6.20 Å². The zero-order chi connectivity index (χ0) is 13.1. The van der Waals surface area contributed by atoms with Crippen molar-refractivity contribution in [1.82, 2.24) is 9.97 Å². The van der Waals surface area contributed by atoms with E-state index in [1.165, 1.54) is 7.11 Å². The topological polar surface area (TPSA) is 64.3 Å². The van der Waals surface area contributed by atoms with Crippen LogP contribution in [0, 0.1) is 0 Å². The summed E-state index contributed by atoms with van der Waals surface area (Å²) >= 11 is 11.1. The third-order valence-electron chi connectivity index (χ3n) is 2.74. The van der Waals surface area contributed by atoms with Crippen molar-refractivity contribution in [3.63, 3.8) is 0 Å². The Morgan fingerprint density at radius 3 is 2.94 bits per heavy atom. The molecule has 1 aromatic heterocycles. The van der Waals surface area contributed by atoms with Crippen molar-refractivity contribution in [3.8, 4) is 6.01 Å². The first kappa shape index (κ1) is 13.3. The zero-order valence-corrected chi connectivity index (χ0v) is 11.7. The van der Waals surface area contributed by atoms with Gasteiger partial charge in [0.05, 0.1) is 18.3 Å². The lowest BCUT2D eigenvalue weighted by atomic mass is 10.3. The van der Waals surface area contributed by atoms with Crippen molar-refractivity contribution >= 4 is 34.6 Å². The summed E-state index contributed by atoms with van der Waals surface area (Å²) in [5, 5.41) is 0.519. The lowest BCUT2D eigenvalue weighted by Gasteiger charge is -2.24. The second kappa shape index (κ2) is 5.67. The Kier molecular flexibility index (Phi) is 4.19. The molecule has 0 bridgehead atoms. The number of methoxy groups -OCH3 is 1. The van der Waals surface area contributed by atoms with Gasteiger partial charge in [0.25, 0.3) is 0 Å². The van der Waals surface area contributed by atoms with Gasteiger partial charge >= 0.3 is 6.01 Å². The summed E-state index contributed by atoms with van der Waals surface area (Å²) in [5.41, 5.74) is 5.55. The highest BCUT2D eigenvalue weighted by Crippen LogP contribution is 2.34. The largest absolute Gasteiger partial charge is 0.467 e. The van der Waals surface area contributed by atoms with Gasteiger partial charge in [-0.1, -0.05) is 23.8 Å². The number of hydrogen-bond acceptors (Lipinski definition) is 5. The number of aromatic nitrogens is 2. The Morgan fingerprint density at radius 1 is 1.67 bits per heavy atom. The van der Waals surface area contributed by atoms with Crippen LogP contribution in [0.25, 0.3) is 0 Å². The van der Waals surface area contributed by atoms with E-state index in [0.717, 1.165) is 19.4 Å². The number of ether oxygens (including phenoxy) is 1. The van der Waals surface area contributed by atoms with Crippen LogP contribution in [0.4, 0.5) is 5.82 Å². The highest BCUT2D eigenvalue weighted by Gasteiger charge is 2.31. The number of anilines is 1. The molecule has 1 saturated carbocycles. The van der Waals surface area contributed by atoms with Crippen LogP contribution < -0.4 is 15.4 Å². The minimum Gasteiger partial charge on any atom is -0.467 e. The molecule has 5 nitrogen and oxygen atoms in total. The average Bonchev–Trinajstić information content (AvgIpc) is 3.15. The summed E-state index contributed by atoms with van der Waals surface area (Å²) in [5.74, 6) is 0.697. The maximum Gasteiger partial charge on any atom is 0.318 e. The molecule has 1 fully saturated rings. The summed E-state index contributed by atoms with van der Waals surface area (Å²) in [6, 6.07) is 0.784. The predicted octanol–water partition coefficient (Wildman–Crippen LogP) is 1.78. The fourth-order valence-electron chi connectivity index (χ4n) is 1.72. The molecule has 0 amide bonds. The molecule has 98 valence electrons. The van der Waals surface area contributed by atoms with Crippen molar-refractivity contribution in [2.75, 3.05) is 18.6 Å². The number of thiocarbonyl (C=S) groups is 1. The van der Waals surface area contributed by atoms with Crippen LogP contribution in [-0.2, 0) is 0 Å². The molecule has 7 heteroatoms. The minimum absolute atomic E-state index is 0.315. The van der Waals surface area contributed by atoms with Crippen LogP contribution in [-0.4, -0.2) is 34.7 Å². The number of hydrogen-bond donors (Lipinski definition) is 1. The quantitative estimate of drug-likeness (QED) is 0.804. The molecule has 1 aromatic rings. The number of rotatable bonds is 6. The average molecular weight is 287 g/mol. The fraction of sp³-hybridized carbons (Fsp3) is 0.545. The Hall–Kier alpha value is -1.14. The standard InChI is InChI=1S/C11H15ClN4OS/c1-17-11-14-6-8(12)10(15-11)16(7-2-3-7)5-4-9(13)18/h6-7H,2-5H2,1H3,(H2,13,18). The van der Waals surface area contributed by atoms with Gasteiger partial charge in [0.1, 0.15) is 5.02 Å². The third-order valence-corrected chi connectivity index (χ3v) is 3.22. The van der Waals surface area contributed by atoms with E-state index in [1.54, 1.807) is 6.20 Å². The first-order valence-corrected chi connectivity index (χ1v) is 6.52. The van der Waals surface area contributed by atoms with E-state index in [-0.39, 0.29) is 0 Å². The van der Waals surface area contributed by atoms with Gasteiger partial charge in [0.2, 0.25) is 0 Å². The van der Waals surface area contributed by atoms with Crippen LogP contribution in [0.3, 0.4) is 0 Å². The SMILES string of the molecule is COc1ncc(Cl)c(N(CCC(N)=S)C2CC2)n1. The second-order valence-electron chi connectivity index (χ2n) is 4.17. The molecule has 2 rings (SSSR count). The summed E-state index contributed by atoms with van der Waals surface area (Å²) < 4.78 is 5.03. The molecule has 1 aliphatic rings. The van der Waals surface area contributed by atoms with Crippen LogP contribution in [0.2, 0.25) is 5.02 Å². The predicted molar refractivity (Wildman–Crippen MR) is 75.4 cm³/mol. The highest BCUT2D eigenvalue weighted by atomic mass is 35.5. The molecule has 0 spiro atoms. The van der Waals surface area contributed by atoms with Gasteiger partial charge in [-0.3, -0.25) is 0 Å². The number of halogens is 1. The van der Waals surface area contributed by atoms with Crippen molar-refractivity contribution in [1.29, 1.82) is 0 Å². The van der Waals surface area contributed by atoms with Crippen LogP contribution in [0.1, 0.15) is 19.3 Å². The van der Waals surface area contributed by atoms with Gasteiger partial charge < -0.3 is 15.4 Å². The number of nitrogens with two attached hydrogens (primary N) is 1. The van der Waals surface area contributed by atoms with Crippen LogP contribution in [0.5, 0.6) is 6.01 Å². The maximum atomic E-state index is 6.15. The van der Waals surface area contributed by atoms with E-state index in [9.17, 15) is 0 Å². The molecule has 0 unspecified atom stereocenters. The molecular weight excluding hydrogens is 272 g/mol. The van der Waals surface area contributed by atoms with Crippen LogP contribution >= 0.6 is 23.8 Å². The lowest BCUT2D eigenvalue weighted by Crippen LogP contribution is -2.30. The zero-order valence-electron chi connectivity index (χ0n) is 10.1. The Balaban J connectivity index is 2.21.